The first-order valence-electron chi connectivity index (χ1n) is 7.12. The molecule has 1 atom stereocenters. The van der Waals surface area contributed by atoms with E-state index in [1.807, 2.05) is 4.90 Å². The number of piperazine rings is 1. The van der Waals surface area contributed by atoms with E-state index in [4.69, 9.17) is 0 Å². The van der Waals surface area contributed by atoms with E-state index in [1.165, 1.54) is 12.1 Å². The summed E-state index contributed by atoms with van der Waals surface area (Å²) in [6.07, 6.45) is 2.08. The van der Waals surface area contributed by atoms with E-state index < -0.39 is 9.84 Å². The molecular weight excluding hydrogens is 288 g/mol. The molecule has 0 N–H and O–H groups in total. The molecule has 2 rings (SSSR count). The molecule has 0 saturated carbocycles. The van der Waals surface area contributed by atoms with Crippen molar-refractivity contribution in [3.8, 4) is 0 Å². The SMILES string of the molecule is CCC1CN(C)CCN1C(=O)c1ccc(S(C)(=O)=O)cc1. The predicted molar refractivity (Wildman–Crippen MR) is 82.2 cm³/mol. The molecule has 0 radical (unpaired) electrons. The predicted octanol–water partition coefficient (Wildman–Crippen LogP) is 1.26. The number of hydrogen-bond donors (Lipinski definition) is 0. The lowest BCUT2D eigenvalue weighted by Crippen LogP contribution is -2.53. The van der Waals surface area contributed by atoms with Gasteiger partial charge >= 0.3 is 0 Å². The summed E-state index contributed by atoms with van der Waals surface area (Å²) >= 11 is 0. The fraction of sp³-hybridized carbons (Fsp3) is 0.533. The molecule has 1 heterocycles. The molecule has 1 unspecified atom stereocenters. The van der Waals surface area contributed by atoms with Gasteiger partial charge in [-0.1, -0.05) is 6.92 Å². The average molecular weight is 310 g/mol. The van der Waals surface area contributed by atoms with Gasteiger partial charge in [0, 0.05) is 37.5 Å². The molecule has 0 bridgehead atoms. The number of likely N-dealkylation sites (N-methyl/N-ethyl adjacent to an activating group) is 1. The maximum atomic E-state index is 12.6. The lowest BCUT2D eigenvalue weighted by atomic mass is 10.1. The van der Waals surface area contributed by atoms with Crippen LogP contribution in [0.3, 0.4) is 0 Å². The Balaban J connectivity index is 2.19. The number of amides is 1. The summed E-state index contributed by atoms with van der Waals surface area (Å²) in [7, 11) is -1.16. The van der Waals surface area contributed by atoms with Crippen molar-refractivity contribution in [2.24, 2.45) is 0 Å². The minimum absolute atomic E-state index is 0.0185. The summed E-state index contributed by atoms with van der Waals surface area (Å²) < 4.78 is 22.9. The van der Waals surface area contributed by atoms with E-state index in [0.717, 1.165) is 25.8 Å². The van der Waals surface area contributed by atoms with Crippen LogP contribution in [0.5, 0.6) is 0 Å². The zero-order chi connectivity index (χ0) is 15.6. The van der Waals surface area contributed by atoms with Gasteiger partial charge in [-0.2, -0.15) is 0 Å². The van der Waals surface area contributed by atoms with E-state index in [0.29, 0.717) is 12.1 Å². The van der Waals surface area contributed by atoms with Crippen LogP contribution in [-0.4, -0.2) is 63.1 Å². The van der Waals surface area contributed by atoms with Gasteiger partial charge in [0.1, 0.15) is 0 Å². The van der Waals surface area contributed by atoms with Crippen molar-refractivity contribution in [1.82, 2.24) is 9.80 Å². The normalized spacial score (nSPS) is 20.5. The van der Waals surface area contributed by atoms with E-state index in [-0.39, 0.29) is 16.8 Å². The fourth-order valence-corrected chi connectivity index (χ4v) is 3.27. The van der Waals surface area contributed by atoms with Crippen molar-refractivity contribution in [1.29, 1.82) is 0 Å². The monoisotopic (exact) mass is 310 g/mol. The molecule has 0 spiro atoms. The third kappa shape index (κ3) is 3.63. The zero-order valence-electron chi connectivity index (χ0n) is 12.7. The third-order valence-electron chi connectivity index (χ3n) is 3.95. The van der Waals surface area contributed by atoms with Crippen LogP contribution in [0.1, 0.15) is 23.7 Å². The Kier molecular flexibility index (Phi) is 4.68. The molecule has 1 aromatic rings. The largest absolute Gasteiger partial charge is 0.333 e. The van der Waals surface area contributed by atoms with E-state index in [1.54, 1.807) is 12.1 Å². The second kappa shape index (κ2) is 6.15. The van der Waals surface area contributed by atoms with Gasteiger partial charge in [-0.05, 0) is 37.7 Å². The number of benzene rings is 1. The summed E-state index contributed by atoms with van der Waals surface area (Å²) in [6.45, 7) is 4.53. The van der Waals surface area contributed by atoms with Gasteiger partial charge < -0.3 is 9.80 Å². The van der Waals surface area contributed by atoms with Gasteiger partial charge in [-0.25, -0.2) is 8.42 Å². The number of carbonyl (C=O) groups excluding carboxylic acids is 1. The first kappa shape index (κ1) is 16.0. The van der Waals surface area contributed by atoms with Crippen LogP contribution < -0.4 is 0 Å². The molecular formula is C15H22N2O3S. The maximum Gasteiger partial charge on any atom is 0.254 e. The molecule has 1 aliphatic heterocycles. The van der Waals surface area contributed by atoms with Crippen molar-refractivity contribution >= 4 is 15.7 Å². The smallest absolute Gasteiger partial charge is 0.254 e. The van der Waals surface area contributed by atoms with Crippen LogP contribution in [0.15, 0.2) is 29.2 Å². The second-order valence-corrected chi connectivity index (χ2v) is 7.64. The van der Waals surface area contributed by atoms with E-state index in [9.17, 15) is 13.2 Å². The molecule has 0 aliphatic carbocycles. The highest BCUT2D eigenvalue weighted by molar-refractivity contribution is 7.90. The van der Waals surface area contributed by atoms with Crippen LogP contribution in [-0.2, 0) is 9.84 Å². The first-order valence-corrected chi connectivity index (χ1v) is 9.01. The summed E-state index contributed by atoms with van der Waals surface area (Å²) in [5.41, 5.74) is 0.547. The van der Waals surface area contributed by atoms with Crippen molar-refractivity contribution in [2.75, 3.05) is 32.9 Å². The molecule has 1 amide bonds. The summed E-state index contributed by atoms with van der Waals surface area (Å²) in [5, 5.41) is 0. The molecule has 116 valence electrons. The summed E-state index contributed by atoms with van der Waals surface area (Å²) in [4.78, 5) is 17.0. The van der Waals surface area contributed by atoms with Crippen LogP contribution in [0, 0.1) is 0 Å². The number of carbonyl (C=O) groups is 1. The van der Waals surface area contributed by atoms with Crippen molar-refractivity contribution in [3.05, 3.63) is 29.8 Å². The fourth-order valence-electron chi connectivity index (χ4n) is 2.64. The highest BCUT2D eigenvalue weighted by Crippen LogP contribution is 2.17. The average Bonchev–Trinajstić information content (AvgIpc) is 2.45. The van der Waals surface area contributed by atoms with Gasteiger partial charge in [-0.15, -0.1) is 0 Å². The molecule has 1 saturated heterocycles. The Bertz CT molecular complexity index is 610. The third-order valence-corrected chi connectivity index (χ3v) is 5.08. The Morgan fingerprint density at radius 1 is 1.24 bits per heavy atom. The Labute approximate surface area is 126 Å². The van der Waals surface area contributed by atoms with E-state index in [2.05, 4.69) is 18.9 Å². The number of sulfone groups is 1. The highest BCUT2D eigenvalue weighted by atomic mass is 32.2. The second-order valence-electron chi connectivity index (χ2n) is 5.62. The highest BCUT2D eigenvalue weighted by Gasteiger charge is 2.28. The van der Waals surface area contributed by atoms with Crippen LogP contribution >= 0.6 is 0 Å². The first-order chi connectivity index (χ1) is 9.82. The lowest BCUT2D eigenvalue weighted by molar-refractivity contribution is 0.0493. The topological polar surface area (TPSA) is 57.7 Å². The lowest BCUT2D eigenvalue weighted by Gasteiger charge is -2.39. The minimum Gasteiger partial charge on any atom is -0.333 e. The molecule has 0 aromatic heterocycles. The van der Waals surface area contributed by atoms with Gasteiger partial charge in [0.15, 0.2) is 9.84 Å². The Morgan fingerprint density at radius 3 is 2.38 bits per heavy atom. The van der Waals surface area contributed by atoms with Crippen molar-refractivity contribution in [3.63, 3.8) is 0 Å². The standard InChI is InChI=1S/C15H22N2O3S/c1-4-13-11-16(2)9-10-17(13)15(18)12-5-7-14(8-6-12)21(3,19)20/h5-8,13H,4,9-11H2,1-3H3. The molecule has 5 nitrogen and oxygen atoms in total. The van der Waals surface area contributed by atoms with Gasteiger partial charge in [0.2, 0.25) is 0 Å². The van der Waals surface area contributed by atoms with Gasteiger partial charge in [0.05, 0.1) is 4.90 Å². The Morgan fingerprint density at radius 2 is 1.86 bits per heavy atom. The molecule has 6 heteroatoms. The number of rotatable bonds is 3. The maximum absolute atomic E-state index is 12.6. The molecule has 1 fully saturated rings. The molecule has 1 aromatic carbocycles. The number of hydrogen-bond acceptors (Lipinski definition) is 4. The Hall–Kier alpha value is -1.40. The quantitative estimate of drug-likeness (QED) is 0.843. The van der Waals surface area contributed by atoms with Crippen LogP contribution in [0.2, 0.25) is 0 Å². The molecule has 21 heavy (non-hydrogen) atoms. The van der Waals surface area contributed by atoms with Crippen LogP contribution in [0.4, 0.5) is 0 Å². The minimum atomic E-state index is -3.22. The van der Waals surface area contributed by atoms with Crippen molar-refractivity contribution < 1.29 is 13.2 Å². The molecule has 1 aliphatic rings. The summed E-state index contributed by atoms with van der Waals surface area (Å²) in [6, 6.07) is 6.41. The summed E-state index contributed by atoms with van der Waals surface area (Å²) in [5.74, 6) is -0.0185. The van der Waals surface area contributed by atoms with E-state index >= 15 is 0 Å². The van der Waals surface area contributed by atoms with Gasteiger partial charge in [-0.3, -0.25) is 4.79 Å². The number of nitrogens with zero attached hydrogens (tertiary/aromatic N) is 2. The van der Waals surface area contributed by atoms with Crippen LogP contribution in [0.25, 0.3) is 0 Å². The van der Waals surface area contributed by atoms with Gasteiger partial charge in [0.25, 0.3) is 5.91 Å². The van der Waals surface area contributed by atoms with Crippen molar-refractivity contribution in [2.45, 2.75) is 24.3 Å². The zero-order valence-corrected chi connectivity index (χ0v) is 13.6.